The van der Waals surface area contributed by atoms with Gasteiger partial charge in [0.15, 0.2) is 5.96 Å². The van der Waals surface area contributed by atoms with Gasteiger partial charge in [0.2, 0.25) is 0 Å². The van der Waals surface area contributed by atoms with Crippen LogP contribution in [0, 0.1) is 5.92 Å². The van der Waals surface area contributed by atoms with E-state index in [0.29, 0.717) is 6.54 Å². The molecule has 1 aromatic heterocycles. The Morgan fingerprint density at radius 3 is 2.81 bits per heavy atom. The van der Waals surface area contributed by atoms with Gasteiger partial charge < -0.3 is 20.1 Å². The Morgan fingerprint density at radius 1 is 1.27 bits per heavy atom. The highest BCUT2D eigenvalue weighted by atomic mass is 16.5. The third-order valence-electron chi connectivity index (χ3n) is 5.03. The summed E-state index contributed by atoms with van der Waals surface area (Å²) >= 11 is 0. The summed E-state index contributed by atoms with van der Waals surface area (Å²) in [7, 11) is 0. The first-order valence-corrected chi connectivity index (χ1v) is 10.4. The first kappa shape index (κ1) is 20.7. The van der Waals surface area contributed by atoms with Crippen molar-refractivity contribution < 1.29 is 4.52 Å². The van der Waals surface area contributed by atoms with Crippen LogP contribution in [0.5, 0.6) is 0 Å². The summed E-state index contributed by atoms with van der Waals surface area (Å²) in [5, 5.41) is 11.0. The van der Waals surface area contributed by atoms with Crippen molar-refractivity contribution in [1.82, 2.24) is 20.7 Å². The summed E-state index contributed by atoms with van der Waals surface area (Å²) in [5.41, 5.74) is 2.18. The van der Waals surface area contributed by atoms with Crippen molar-refractivity contribution in [2.24, 2.45) is 10.9 Å². The van der Waals surface area contributed by atoms with E-state index in [-0.39, 0.29) is 0 Å². The molecule has 0 saturated carbocycles. The topological polar surface area (TPSA) is 65.7 Å². The number of hydrogen-bond acceptors (Lipinski definition) is 4. The third kappa shape index (κ3) is 6.31. The number of nitrogens with one attached hydrogen (secondary N) is 2. The minimum Gasteiger partial charge on any atom is -0.361 e. The molecular weight excluding hydrogens is 326 g/mol. The van der Waals surface area contributed by atoms with Gasteiger partial charge in [-0.2, -0.15) is 0 Å². The van der Waals surface area contributed by atoms with Gasteiger partial charge in [-0.1, -0.05) is 25.9 Å². The second-order valence-corrected chi connectivity index (χ2v) is 7.26. The number of aryl methyl sites for hydroxylation is 2. The van der Waals surface area contributed by atoms with Gasteiger partial charge in [0.25, 0.3) is 0 Å². The number of hydrogen-bond donors (Lipinski definition) is 2. The van der Waals surface area contributed by atoms with Gasteiger partial charge in [-0.05, 0) is 51.6 Å². The van der Waals surface area contributed by atoms with Crippen LogP contribution in [-0.4, -0.2) is 48.7 Å². The fraction of sp³-hybridized carbons (Fsp3) is 0.800. The van der Waals surface area contributed by atoms with Crippen molar-refractivity contribution in [2.75, 3.05) is 32.7 Å². The van der Waals surface area contributed by atoms with E-state index in [2.05, 4.69) is 48.4 Å². The van der Waals surface area contributed by atoms with Crippen molar-refractivity contribution in [3.63, 3.8) is 0 Å². The number of likely N-dealkylation sites (tertiary alicyclic amines) is 1. The van der Waals surface area contributed by atoms with E-state index < -0.39 is 0 Å². The highest BCUT2D eigenvalue weighted by Crippen LogP contribution is 2.17. The monoisotopic (exact) mass is 363 g/mol. The molecule has 6 nitrogen and oxygen atoms in total. The molecule has 2 heterocycles. The van der Waals surface area contributed by atoms with E-state index >= 15 is 0 Å². The molecule has 148 valence electrons. The van der Waals surface area contributed by atoms with Crippen molar-refractivity contribution in [1.29, 1.82) is 0 Å². The van der Waals surface area contributed by atoms with Crippen LogP contribution in [-0.2, 0) is 19.4 Å². The normalized spacial score (nSPS) is 18.9. The number of rotatable bonds is 9. The van der Waals surface area contributed by atoms with Gasteiger partial charge in [0, 0.05) is 31.6 Å². The Bertz CT molecular complexity index is 533. The Labute approximate surface area is 158 Å². The standard InChI is InChI=1S/C20H37N5O/c1-5-18-17(19(6-2)26-24-18)14-23-20(21-7-3)22-11-9-13-25-12-8-10-16(4)15-25/h16H,5-15H2,1-4H3,(H2,21,22,23). The van der Waals surface area contributed by atoms with Crippen molar-refractivity contribution in [2.45, 2.75) is 66.3 Å². The number of piperidine rings is 1. The van der Waals surface area contributed by atoms with Crippen LogP contribution >= 0.6 is 0 Å². The maximum atomic E-state index is 5.44. The maximum absolute atomic E-state index is 5.44. The number of guanidine groups is 1. The van der Waals surface area contributed by atoms with E-state index in [1.807, 2.05) is 0 Å². The molecule has 1 unspecified atom stereocenters. The Morgan fingerprint density at radius 2 is 2.12 bits per heavy atom. The predicted octanol–water partition coefficient (Wildman–Crippen LogP) is 2.98. The smallest absolute Gasteiger partial charge is 0.191 e. The van der Waals surface area contributed by atoms with Gasteiger partial charge >= 0.3 is 0 Å². The average Bonchev–Trinajstić information content (AvgIpc) is 3.05. The van der Waals surface area contributed by atoms with Gasteiger partial charge in [-0.25, -0.2) is 4.99 Å². The van der Waals surface area contributed by atoms with E-state index in [0.717, 1.165) is 61.2 Å². The number of aliphatic imine (C=N–C) groups is 1. The summed E-state index contributed by atoms with van der Waals surface area (Å²) in [6.07, 6.45) is 5.61. The molecular formula is C20H37N5O. The Kier molecular flexibility index (Phi) is 8.95. The van der Waals surface area contributed by atoms with Crippen LogP contribution in [0.15, 0.2) is 9.52 Å². The zero-order valence-electron chi connectivity index (χ0n) is 17.1. The lowest BCUT2D eigenvalue weighted by Crippen LogP contribution is -2.40. The molecule has 0 aliphatic carbocycles. The van der Waals surface area contributed by atoms with Gasteiger partial charge in [-0.3, -0.25) is 0 Å². The summed E-state index contributed by atoms with van der Waals surface area (Å²) in [6.45, 7) is 14.8. The molecule has 0 amide bonds. The first-order chi connectivity index (χ1) is 12.7. The Hall–Kier alpha value is -1.56. The van der Waals surface area contributed by atoms with Crippen molar-refractivity contribution >= 4 is 5.96 Å². The molecule has 0 bridgehead atoms. The lowest BCUT2D eigenvalue weighted by atomic mass is 10.0. The number of nitrogens with zero attached hydrogens (tertiary/aromatic N) is 3. The lowest BCUT2D eigenvalue weighted by molar-refractivity contribution is 0.182. The molecule has 6 heteroatoms. The minimum absolute atomic E-state index is 0.620. The van der Waals surface area contributed by atoms with Gasteiger partial charge in [0.1, 0.15) is 5.76 Å². The molecule has 1 aliphatic heterocycles. The molecule has 1 aromatic rings. The maximum Gasteiger partial charge on any atom is 0.191 e. The highest BCUT2D eigenvalue weighted by molar-refractivity contribution is 5.79. The number of aromatic nitrogens is 1. The Balaban J connectivity index is 1.82. The van der Waals surface area contributed by atoms with E-state index in [1.165, 1.54) is 32.5 Å². The zero-order valence-corrected chi connectivity index (χ0v) is 17.1. The van der Waals surface area contributed by atoms with Crippen LogP contribution in [0.3, 0.4) is 0 Å². The van der Waals surface area contributed by atoms with Crippen molar-refractivity contribution in [3.8, 4) is 0 Å². The van der Waals surface area contributed by atoms with Crippen LogP contribution in [0.1, 0.15) is 64.0 Å². The predicted molar refractivity (Wildman–Crippen MR) is 108 cm³/mol. The zero-order chi connectivity index (χ0) is 18.8. The summed E-state index contributed by atoms with van der Waals surface area (Å²) < 4.78 is 5.44. The SMILES string of the molecule is CCNC(=NCc1c(CC)noc1CC)NCCCN1CCCC(C)C1. The average molecular weight is 364 g/mol. The van der Waals surface area contributed by atoms with Crippen LogP contribution < -0.4 is 10.6 Å². The van der Waals surface area contributed by atoms with E-state index in [4.69, 9.17) is 9.52 Å². The molecule has 1 atom stereocenters. The van der Waals surface area contributed by atoms with Crippen LogP contribution in [0.4, 0.5) is 0 Å². The molecule has 2 N–H and O–H groups in total. The second kappa shape index (κ2) is 11.2. The molecule has 0 spiro atoms. The lowest BCUT2D eigenvalue weighted by Gasteiger charge is -2.30. The molecule has 0 aromatic carbocycles. The third-order valence-corrected chi connectivity index (χ3v) is 5.03. The van der Waals surface area contributed by atoms with Crippen molar-refractivity contribution in [3.05, 3.63) is 17.0 Å². The molecule has 26 heavy (non-hydrogen) atoms. The van der Waals surface area contributed by atoms with Crippen LogP contribution in [0.25, 0.3) is 0 Å². The van der Waals surface area contributed by atoms with Gasteiger partial charge in [-0.15, -0.1) is 0 Å². The quantitative estimate of drug-likeness (QED) is 0.401. The molecule has 0 radical (unpaired) electrons. The molecule has 1 aliphatic rings. The fourth-order valence-corrected chi connectivity index (χ4v) is 3.62. The minimum atomic E-state index is 0.620. The highest BCUT2D eigenvalue weighted by Gasteiger charge is 2.15. The fourth-order valence-electron chi connectivity index (χ4n) is 3.62. The second-order valence-electron chi connectivity index (χ2n) is 7.26. The van der Waals surface area contributed by atoms with E-state index in [9.17, 15) is 0 Å². The molecule has 2 rings (SSSR count). The first-order valence-electron chi connectivity index (χ1n) is 10.4. The molecule has 1 fully saturated rings. The van der Waals surface area contributed by atoms with Gasteiger partial charge in [0.05, 0.1) is 12.2 Å². The summed E-state index contributed by atoms with van der Waals surface area (Å²) in [4.78, 5) is 7.35. The summed E-state index contributed by atoms with van der Waals surface area (Å²) in [6, 6.07) is 0. The van der Waals surface area contributed by atoms with Crippen LogP contribution in [0.2, 0.25) is 0 Å². The summed E-state index contributed by atoms with van der Waals surface area (Å²) in [5.74, 6) is 2.69. The van der Waals surface area contributed by atoms with E-state index in [1.54, 1.807) is 0 Å². The molecule has 1 saturated heterocycles. The largest absolute Gasteiger partial charge is 0.361 e.